The summed E-state index contributed by atoms with van der Waals surface area (Å²) in [5, 5.41) is 11.3. The number of nitrogens with one attached hydrogen (secondary N) is 2. The highest BCUT2D eigenvalue weighted by atomic mass is 16.5. The van der Waals surface area contributed by atoms with E-state index in [0.29, 0.717) is 12.2 Å². The van der Waals surface area contributed by atoms with Crippen LogP contribution < -0.4 is 15.4 Å². The van der Waals surface area contributed by atoms with E-state index in [0.717, 1.165) is 56.0 Å². The fraction of sp³-hybridized carbons (Fsp3) is 0.360. The first-order valence-electron chi connectivity index (χ1n) is 11.3. The summed E-state index contributed by atoms with van der Waals surface area (Å²) in [6.07, 6.45) is 2.12. The number of rotatable bonds is 7. The van der Waals surface area contributed by atoms with E-state index in [2.05, 4.69) is 39.8 Å². The standard InChI is InChI=1S/C25H29N5O2/c1-32-21-9-4-8-19(14-21)22-15-23-25(31)27-16-24(30(23)28-22)26-11-5-12-29-13-10-18-6-2-3-7-20(18)17-29/h2-4,6-9,14-15,24,26H,5,10-13,16-17H2,1H3,(H,27,31). The van der Waals surface area contributed by atoms with E-state index >= 15 is 0 Å². The molecule has 7 nitrogen and oxygen atoms in total. The van der Waals surface area contributed by atoms with Crippen LogP contribution in [-0.2, 0) is 13.0 Å². The van der Waals surface area contributed by atoms with Crippen LogP contribution >= 0.6 is 0 Å². The molecule has 1 unspecified atom stereocenters. The molecule has 0 saturated carbocycles. The molecular formula is C25H29N5O2. The molecule has 2 N–H and O–H groups in total. The van der Waals surface area contributed by atoms with Gasteiger partial charge in [0.1, 0.15) is 17.6 Å². The van der Waals surface area contributed by atoms with Gasteiger partial charge in [-0.3, -0.25) is 15.0 Å². The number of fused-ring (bicyclic) bond motifs is 2. The summed E-state index contributed by atoms with van der Waals surface area (Å²) in [4.78, 5) is 14.9. The molecule has 5 rings (SSSR count). The fourth-order valence-electron chi connectivity index (χ4n) is 4.57. The fourth-order valence-corrected chi connectivity index (χ4v) is 4.57. The molecule has 0 radical (unpaired) electrons. The van der Waals surface area contributed by atoms with Crippen molar-refractivity contribution in [1.82, 2.24) is 25.3 Å². The predicted molar refractivity (Wildman–Crippen MR) is 124 cm³/mol. The van der Waals surface area contributed by atoms with Crippen LogP contribution in [0.25, 0.3) is 11.3 Å². The average molecular weight is 432 g/mol. The molecule has 3 heterocycles. The number of carbonyl (C=O) groups excluding carboxylic acids is 1. The van der Waals surface area contributed by atoms with E-state index in [1.807, 2.05) is 35.0 Å². The lowest BCUT2D eigenvalue weighted by molar-refractivity contribution is 0.0900. The third-order valence-electron chi connectivity index (χ3n) is 6.33. The highest BCUT2D eigenvalue weighted by Crippen LogP contribution is 2.26. The van der Waals surface area contributed by atoms with Crippen molar-refractivity contribution in [3.63, 3.8) is 0 Å². The van der Waals surface area contributed by atoms with E-state index in [1.165, 1.54) is 11.1 Å². The van der Waals surface area contributed by atoms with Gasteiger partial charge >= 0.3 is 0 Å². The Morgan fingerprint density at radius 3 is 2.91 bits per heavy atom. The van der Waals surface area contributed by atoms with Crippen molar-refractivity contribution < 1.29 is 9.53 Å². The first-order chi connectivity index (χ1) is 15.7. The van der Waals surface area contributed by atoms with Crippen molar-refractivity contribution in [2.75, 3.05) is 33.3 Å². The molecule has 2 aliphatic rings. The van der Waals surface area contributed by atoms with E-state index in [4.69, 9.17) is 9.84 Å². The second-order valence-corrected chi connectivity index (χ2v) is 8.42. The van der Waals surface area contributed by atoms with E-state index in [-0.39, 0.29) is 12.1 Å². The van der Waals surface area contributed by atoms with E-state index in [1.54, 1.807) is 7.11 Å². The van der Waals surface area contributed by atoms with Crippen LogP contribution in [0.5, 0.6) is 5.75 Å². The zero-order chi connectivity index (χ0) is 21.9. The number of amides is 1. The molecule has 0 spiro atoms. The minimum Gasteiger partial charge on any atom is -0.497 e. The highest BCUT2D eigenvalue weighted by Gasteiger charge is 2.27. The Kier molecular flexibility index (Phi) is 5.92. The normalized spacial score (nSPS) is 18.0. The average Bonchev–Trinajstić information content (AvgIpc) is 3.30. The predicted octanol–water partition coefficient (Wildman–Crippen LogP) is 2.84. The summed E-state index contributed by atoms with van der Waals surface area (Å²) in [6.45, 7) is 4.60. The first kappa shape index (κ1) is 20.7. The molecule has 7 heteroatoms. The van der Waals surface area contributed by atoms with Gasteiger partial charge < -0.3 is 10.1 Å². The van der Waals surface area contributed by atoms with E-state index < -0.39 is 0 Å². The summed E-state index contributed by atoms with van der Waals surface area (Å²) in [7, 11) is 1.65. The van der Waals surface area contributed by atoms with Crippen molar-refractivity contribution in [2.45, 2.75) is 25.6 Å². The maximum atomic E-state index is 12.4. The molecule has 2 aliphatic heterocycles. The molecule has 32 heavy (non-hydrogen) atoms. The van der Waals surface area contributed by atoms with Crippen LogP contribution in [-0.4, -0.2) is 53.9 Å². The molecule has 1 atom stereocenters. The van der Waals surface area contributed by atoms with Crippen molar-refractivity contribution in [3.8, 4) is 17.0 Å². The van der Waals surface area contributed by atoms with Gasteiger partial charge in [0.25, 0.3) is 5.91 Å². The number of hydrogen-bond donors (Lipinski definition) is 2. The zero-order valence-electron chi connectivity index (χ0n) is 18.4. The number of methoxy groups -OCH3 is 1. The Bertz CT molecular complexity index is 1110. The van der Waals surface area contributed by atoms with Gasteiger partial charge in [0.05, 0.1) is 19.3 Å². The van der Waals surface area contributed by atoms with Gasteiger partial charge in [-0.1, -0.05) is 36.4 Å². The number of ether oxygens (including phenoxy) is 1. The molecule has 1 aromatic heterocycles. The van der Waals surface area contributed by atoms with Crippen LogP contribution in [0.4, 0.5) is 0 Å². The Labute approximate surface area is 188 Å². The summed E-state index contributed by atoms with van der Waals surface area (Å²) < 4.78 is 7.15. The van der Waals surface area contributed by atoms with Gasteiger partial charge in [-0.15, -0.1) is 0 Å². The van der Waals surface area contributed by atoms with Crippen LogP contribution in [0.3, 0.4) is 0 Å². The monoisotopic (exact) mass is 431 g/mol. The van der Waals surface area contributed by atoms with Crippen molar-refractivity contribution in [1.29, 1.82) is 0 Å². The topological polar surface area (TPSA) is 71.4 Å². The molecule has 3 aromatic rings. The number of carbonyl (C=O) groups is 1. The minimum atomic E-state index is -0.0864. The molecule has 0 fully saturated rings. The Balaban J connectivity index is 1.20. The molecule has 0 aliphatic carbocycles. The van der Waals surface area contributed by atoms with Gasteiger partial charge in [0.15, 0.2) is 0 Å². The smallest absolute Gasteiger partial charge is 0.269 e. The van der Waals surface area contributed by atoms with Crippen molar-refractivity contribution >= 4 is 5.91 Å². The quantitative estimate of drug-likeness (QED) is 0.563. The molecule has 0 bridgehead atoms. The summed E-state index contributed by atoms with van der Waals surface area (Å²) in [6, 6.07) is 18.3. The highest BCUT2D eigenvalue weighted by molar-refractivity contribution is 5.94. The number of nitrogens with zero attached hydrogens (tertiary/aromatic N) is 3. The number of hydrogen-bond acceptors (Lipinski definition) is 5. The summed E-state index contributed by atoms with van der Waals surface area (Å²) in [5.74, 6) is 0.685. The van der Waals surface area contributed by atoms with Gasteiger partial charge in [-0.25, -0.2) is 4.68 Å². The van der Waals surface area contributed by atoms with Crippen LogP contribution in [0.2, 0.25) is 0 Å². The van der Waals surface area contributed by atoms with Gasteiger partial charge in [-0.2, -0.15) is 5.10 Å². The third-order valence-corrected chi connectivity index (χ3v) is 6.33. The lowest BCUT2D eigenvalue weighted by Gasteiger charge is -2.29. The number of aromatic nitrogens is 2. The molecule has 166 valence electrons. The van der Waals surface area contributed by atoms with Crippen molar-refractivity contribution in [2.24, 2.45) is 0 Å². The third kappa shape index (κ3) is 4.26. The van der Waals surface area contributed by atoms with Gasteiger partial charge in [0, 0.05) is 18.7 Å². The summed E-state index contributed by atoms with van der Waals surface area (Å²) in [5.41, 5.74) is 5.22. The maximum absolute atomic E-state index is 12.4. The van der Waals surface area contributed by atoms with Crippen LogP contribution in [0.15, 0.2) is 54.6 Å². The SMILES string of the molecule is COc1cccc(-c2cc3n(n2)C(NCCCN2CCc4ccccc4C2)CNC3=O)c1. The Morgan fingerprint density at radius 1 is 1.16 bits per heavy atom. The number of benzene rings is 2. The van der Waals surface area contributed by atoms with Crippen molar-refractivity contribution in [3.05, 3.63) is 71.4 Å². The largest absolute Gasteiger partial charge is 0.497 e. The van der Waals surface area contributed by atoms with E-state index in [9.17, 15) is 4.79 Å². The van der Waals surface area contributed by atoms with Gasteiger partial charge in [-0.05, 0) is 55.3 Å². The Morgan fingerprint density at radius 2 is 2.03 bits per heavy atom. The summed E-state index contributed by atoms with van der Waals surface area (Å²) >= 11 is 0. The van der Waals surface area contributed by atoms with Crippen LogP contribution in [0.1, 0.15) is 34.2 Å². The lowest BCUT2D eigenvalue weighted by atomic mass is 10.00. The molecule has 1 amide bonds. The Hall–Kier alpha value is -3.16. The zero-order valence-corrected chi connectivity index (χ0v) is 18.4. The lowest BCUT2D eigenvalue weighted by Crippen LogP contribution is -2.45. The van der Waals surface area contributed by atoms with Crippen LogP contribution in [0, 0.1) is 0 Å². The maximum Gasteiger partial charge on any atom is 0.269 e. The molecule has 0 saturated heterocycles. The second kappa shape index (κ2) is 9.14. The minimum absolute atomic E-state index is 0.0517. The first-order valence-corrected chi connectivity index (χ1v) is 11.3. The van der Waals surface area contributed by atoms with Gasteiger partial charge in [0.2, 0.25) is 0 Å². The molecule has 2 aromatic carbocycles. The molecular weight excluding hydrogens is 402 g/mol. The second-order valence-electron chi connectivity index (χ2n) is 8.42.